The molecule has 0 radical (unpaired) electrons. The van der Waals surface area contributed by atoms with E-state index in [2.05, 4.69) is 6.92 Å². The molecule has 0 spiro atoms. The molecular formula is C25H48NO5+. The number of rotatable bonds is 20. The minimum absolute atomic E-state index is 0.155. The Morgan fingerprint density at radius 3 is 1.58 bits per heavy atom. The minimum Gasteiger partial charge on any atom is -0.511 e. The summed E-state index contributed by atoms with van der Waals surface area (Å²) in [7, 11) is 5.47. The largest absolute Gasteiger partial charge is 0.511 e. The van der Waals surface area contributed by atoms with Crippen molar-refractivity contribution >= 4 is 11.8 Å². The molecule has 2 atom stereocenters. The van der Waals surface area contributed by atoms with E-state index in [0.29, 0.717) is 10.9 Å². The standard InChI is InChI=1S/C25H47NO5/c1-5-6-7-8-9-10-11-12-13-14-15-16-17-18-21(27)19-22(28)24(25(30)31)23(29)20-26(2,3)4/h19,23-24,29H,5-18,20H2,1-4H3,(H-,27,28,30,31)/p+1. The van der Waals surface area contributed by atoms with Crippen molar-refractivity contribution in [1.82, 2.24) is 0 Å². The van der Waals surface area contributed by atoms with E-state index in [-0.39, 0.29) is 12.3 Å². The van der Waals surface area contributed by atoms with Crippen LogP contribution in [0.4, 0.5) is 0 Å². The van der Waals surface area contributed by atoms with Gasteiger partial charge in [0.15, 0.2) is 5.78 Å². The van der Waals surface area contributed by atoms with Crippen molar-refractivity contribution in [2.24, 2.45) is 5.92 Å². The maximum absolute atomic E-state index is 12.1. The summed E-state index contributed by atoms with van der Waals surface area (Å²) in [6, 6.07) is 0. The molecule has 2 unspecified atom stereocenters. The maximum atomic E-state index is 12.1. The highest BCUT2D eigenvalue weighted by Gasteiger charge is 2.34. The molecule has 3 N–H and O–H groups in total. The van der Waals surface area contributed by atoms with Crippen LogP contribution in [0.1, 0.15) is 96.8 Å². The Balaban J connectivity index is 4.00. The molecule has 0 fully saturated rings. The van der Waals surface area contributed by atoms with Gasteiger partial charge in [-0.1, -0.05) is 84.0 Å². The van der Waals surface area contributed by atoms with Crippen LogP contribution >= 0.6 is 0 Å². The number of unbranched alkanes of at least 4 members (excludes halogenated alkanes) is 12. The minimum atomic E-state index is -1.48. The zero-order valence-corrected chi connectivity index (χ0v) is 20.4. The van der Waals surface area contributed by atoms with Gasteiger partial charge in [0.25, 0.3) is 0 Å². The van der Waals surface area contributed by atoms with Gasteiger partial charge in [-0.3, -0.25) is 9.59 Å². The van der Waals surface area contributed by atoms with Gasteiger partial charge in [0.1, 0.15) is 24.3 Å². The van der Waals surface area contributed by atoms with Crippen LogP contribution in [-0.2, 0) is 9.59 Å². The first-order chi connectivity index (χ1) is 14.6. The number of carbonyl (C=O) groups is 2. The smallest absolute Gasteiger partial charge is 0.317 e. The van der Waals surface area contributed by atoms with Crippen LogP contribution in [0.2, 0.25) is 0 Å². The molecular weight excluding hydrogens is 394 g/mol. The molecule has 6 nitrogen and oxygen atoms in total. The number of hydrogen-bond donors (Lipinski definition) is 3. The molecule has 0 saturated heterocycles. The van der Waals surface area contributed by atoms with Crippen LogP contribution in [0, 0.1) is 5.92 Å². The highest BCUT2D eigenvalue weighted by atomic mass is 16.4. The van der Waals surface area contributed by atoms with E-state index < -0.39 is 23.8 Å². The lowest BCUT2D eigenvalue weighted by Crippen LogP contribution is -2.46. The molecule has 182 valence electrons. The van der Waals surface area contributed by atoms with Gasteiger partial charge in [0, 0.05) is 12.5 Å². The number of likely N-dealkylation sites (N-methyl/N-ethyl adjacent to an activating group) is 1. The zero-order valence-electron chi connectivity index (χ0n) is 20.4. The van der Waals surface area contributed by atoms with Crippen LogP contribution in [0.15, 0.2) is 11.8 Å². The van der Waals surface area contributed by atoms with Crippen LogP contribution in [0.5, 0.6) is 0 Å². The van der Waals surface area contributed by atoms with Gasteiger partial charge in [-0.15, -0.1) is 0 Å². The molecule has 0 amide bonds. The summed E-state index contributed by atoms with van der Waals surface area (Å²) in [5.41, 5.74) is 0. The highest BCUT2D eigenvalue weighted by molar-refractivity contribution is 5.91. The Hall–Kier alpha value is -1.40. The van der Waals surface area contributed by atoms with Gasteiger partial charge in [-0.05, 0) is 6.42 Å². The maximum Gasteiger partial charge on any atom is 0.317 e. The average Bonchev–Trinajstić information content (AvgIpc) is 2.63. The van der Waals surface area contributed by atoms with Gasteiger partial charge in [0.2, 0.25) is 0 Å². The predicted octanol–water partition coefficient (Wildman–Crippen LogP) is 5.25. The fraction of sp³-hybridized carbons (Fsp3) is 0.840. The molecule has 0 saturated carbocycles. The Morgan fingerprint density at radius 1 is 0.774 bits per heavy atom. The number of carboxylic acid groups (broad SMARTS) is 1. The van der Waals surface area contributed by atoms with Crippen LogP contribution in [0.25, 0.3) is 0 Å². The third-order valence-electron chi connectivity index (χ3n) is 5.54. The van der Waals surface area contributed by atoms with Crippen molar-refractivity contribution in [2.75, 3.05) is 27.7 Å². The first-order valence-electron chi connectivity index (χ1n) is 12.2. The predicted molar refractivity (Wildman–Crippen MR) is 126 cm³/mol. The summed E-state index contributed by atoms with van der Waals surface area (Å²) in [4.78, 5) is 23.5. The second-order valence-electron chi connectivity index (χ2n) is 9.88. The second kappa shape index (κ2) is 17.2. The number of carbonyl (C=O) groups excluding carboxylic acids is 1. The van der Waals surface area contributed by atoms with E-state index in [1.54, 1.807) is 0 Å². The Bertz CT molecular complexity index is 524. The number of nitrogens with zero attached hydrogens (tertiary/aromatic N) is 1. The number of ketones is 1. The van der Waals surface area contributed by atoms with Gasteiger partial charge in [0.05, 0.1) is 21.1 Å². The first-order valence-corrected chi connectivity index (χ1v) is 12.2. The number of hydrogen-bond acceptors (Lipinski definition) is 4. The molecule has 0 bridgehead atoms. The number of aliphatic hydroxyl groups excluding tert-OH is 2. The molecule has 0 aliphatic heterocycles. The van der Waals surface area contributed by atoms with E-state index in [9.17, 15) is 24.9 Å². The Morgan fingerprint density at radius 2 is 1.19 bits per heavy atom. The van der Waals surface area contributed by atoms with E-state index >= 15 is 0 Å². The van der Waals surface area contributed by atoms with E-state index in [4.69, 9.17) is 0 Å². The van der Waals surface area contributed by atoms with Crippen molar-refractivity contribution in [3.05, 3.63) is 11.8 Å². The molecule has 6 heteroatoms. The van der Waals surface area contributed by atoms with Gasteiger partial charge in [-0.2, -0.15) is 0 Å². The third-order valence-corrected chi connectivity index (χ3v) is 5.54. The fourth-order valence-corrected chi connectivity index (χ4v) is 3.80. The number of aliphatic hydroxyl groups is 2. The summed E-state index contributed by atoms with van der Waals surface area (Å²) in [6.07, 6.45) is 15.9. The number of carboxylic acids is 1. The van der Waals surface area contributed by atoms with Crippen molar-refractivity contribution in [2.45, 2.75) is 103 Å². The quantitative estimate of drug-likeness (QED) is 0.104. The van der Waals surface area contributed by atoms with Crippen molar-refractivity contribution in [3.8, 4) is 0 Å². The zero-order chi connectivity index (χ0) is 23.7. The topological polar surface area (TPSA) is 94.8 Å². The first kappa shape index (κ1) is 29.6. The Kier molecular flexibility index (Phi) is 16.4. The molecule has 0 aromatic carbocycles. The van der Waals surface area contributed by atoms with E-state index in [1.165, 1.54) is 64.2 Å². The van der Waals surface area contributed by atoms with Crippen LogP contribution in [0.3, 0.4) is 0 Å². The van der Waals surface area contributed by atoms with Crippen molar-refractivity contribution in [1.29, 1.82) is 0 Å². The third kappa shape index (κ3) is 16.9. The van der Waals surface area contributed by atoms with Gasteiger partial charge in [-0.25, -0.2) is 0 Å². The molecule has 31 heavy (non-hydrogen) atoms. The molecule has 0 aliphatic carbocycles. The molecule has 0 rings (SSSR count). The van der Waals surface area contributed by atoms with Crippen molar-refractivity contribution < 1.29 is 29.4 Å². The Labute approximate surface area is 189 Å². The lowest BCUT2D eigenvalue weighted by Gasteiger charge is -2.29. The summed E-state index contributed by atoms with van der Waals surface area (Å²) in [5.74, 6) is -3.66. The fourth-order valence-electron chi connectivity index (χ4n) is 3.80. The summed E-state index contributed by atoms with van der Waals surface area (Å²) >= 11 is 0. The average molecular weight is 443 g/mol. The number of allylic oxidation sites excluding steroid dienone is 1. The van der Waals surface area contributed by atoms with Crippen molar-refractivity contribution in [3.63, 3.8) is 0 Å². The lowest BCUT2D eigenvalue weighted by molar-refractivity contribution is -0.873. The SMILES string of the molecule is CCCCCCCCCCCCCCCC(=O)/C=C(\O)C(C(=O)O)C(O)C[N+](C)(C)C. The van der Waals surface area contributed by atoms with E-state index in [1.807, 2.05) is 21.1 Å². The molecule has 0 heterocycles. The summed E-state index contributed by atoms with van der Waals surface area (Å²) in [6.45, 7) is 2.40. The molecule has 0 aromatic rings. The monoisotopic (exact) mass is 442 g/mol. The second-order valence-corrected chi connectivity index (χ2v) is 9.88. The number of aliphatic carboxylic acids is 1. The molecule has 0 aliphatic rings. The van der Waals surface area contributed by atoms with Crippen LogP contribution in [-0.4, -0.2) is 65.3 Å². The van der Waals surface area contributed by atoms with E-state index in [0.717, 1.165) is 25.3 Å². The van der Waals surface area contributed by atoms with Gasteiger partial charge >= 0.3 is 5.97 Å². The van der Waals surface area contributed by atoms with Crippen LogP contribution < -0.4 is 0 Å². The van der Waals surface area contributed by atoms with Gasteiger partial charge < -0.3 is 19.8 Å². The number of quaternary nitrogens is 1. The lowest BCUT2D eigenvalue weighted by atomic mass is 9.97. The highest BCUT2D eigenvalue weighted by Crippen LogP contribution is 2.17. The normalized spacial score (nSPS) is 14.4. The molecule has 0 aromatic heterocycles. The summed E-state index contributed by atoms with van der Waals surface area (Å²) in [5, 5.41) is 29.6. The summed E-state index contributed by atoms with van der Waals surface area (Å²) < 4.78 is 0.352.